The fourth-order valence-corrected chi connectivity index (χ4v) is 3.99. The Labute approximate surface area is 174 Å². The third-order valence-corrected chi connectivity index (χ3v) is 5.73. The summed E-state index contributed by atoms with van der Waals surface area (Å²) in [5, 5.41) is 5.68. The second-order valence-corrected chi connectivity index (χ2v) is 7.98. The first-order valence-electron chi connectivity index (χ1n) is 11.0. The van der Waals surface area contributed by atoms with Gasteiger partial charge in [-0.3, -0.25) is 9.69 Å². The van der Waals surface area contributed by atoms with E-state index in [9.17, 15) is 9.59 Å². The molecule has 29 heavy (non-hydrogen) atoms. The Balaban J connectivity index is 1.18. The number of hydrogen-bond acceptors (Lipinski definition) is 4. The average molecular weight is 402 g/mol. The monoisotopic (exact) mass is 401 g/mol. The third-order valence-electron chi connectivity index (χ3n) is 5.73. The highest BCUT2D eigenvalue weighted by Crippen LogP contribution is 2.09. The lowest BCUT2D eigenvalue weighted by molar-refractivity contribution is -0.129. The zero-order valence-corrected chi connectivity index (χ0v) is 17.4. The van der Waals surface area contributed by atoms with Crippen molar-refractivity contribution in [2.45, 2.75) is 32.2 Å². The minimum atomic E-state index is -0.174. The van der Waals surface area contributed by atoms with Crippen LogP contribution in [0.1, 0.15) is 31.2 Å². The second-order valence-electron chi connectivity index (χ2n) is 7.98. The van der Waals surface area contributed by atoms with E-state index >= 15 is 0 Å². The number of nitrogens with zero attached hydrogens (tertiary/aromatic N) is 3. The van der Waals surface area contributed by atoms with Crippen molar-refractivity contribution in [1.29, 1.82) is 0 Å². The van der Waals surface area contributed by atoms with Crippen LogP contribution in [0.5, 0.6) is 0 Å². The molecule has 0 aliphatic carbocycles. The van der Waals surface area contributed by atoms with Gasteiger partial charge < -0.3 is 20.4 Å². The fourth-order valence-electron chi connectivity index (χ4n) is 3.99. The first kappa shape index (κ1) is 21.6. The molecule has 0 unspecified atom stereocenters. The van der Waals surface area contributed by atoms with Crippen molar-refractivity contribution >= 4 is 11.9 Å². The number of rotatable bonds is 9. The normalized spacial score (nSPS) is 18.0. The number of benzene rings is 1. The van der Waals surface area contributed by atoms with E-state index in [4.69, 9.17) is 0 Å². The summed E-state index contributed by atoms with van der Waals surface area (Å²) in [5.74, 6) is 0.147. The Morgan fingerprint density at radius 2 is 1.48 bits per heavy atom. The topological polar surface area (TPSA) is 67.9 Å². The Morgan fingerprint density at radius 3 is 2.21 bits per heavy atom. The second kappa shape index (κ2) is 11.8. The molecule has 3 rings (SSSR count). The highest BCUT2D eigenvalue weighted by Gasteiger charge is 2.18. The molecule has 0 atom stereocenters. The molecule has 0 radical (unpaired) electrons. The SMILES string of the molecule is O=C(NCCCN1CCN(Cc2ccccc2)CC1)NCCC(=O)N1CCCC1. The first-order valence-corrected chi connectivity index (χ1v) is 11.0. The van der Waals surface area contributed by atoms with Gasteiger partial charge in [0.1, 0.15) is 0 Å². The minimum absolute atomic E-state index is 0.147. The molecule has 7 heteroatoms. The predicted octanol–water partition coefficient (Wildman–Crippen LogP) is 1.51. The van der Waals surface area contributed by atoms with Crippen LogP contribution in [0.3, 0.4) is 0 Å². The van der Waals surface area contributed by atoms with Crippen molar-refractivity contribution < 1.29 is 9.59 Å². The van der Waals surface area contributed by atoms with Crippen molar-refractivity contribution in [2.75, 3.05) is 58.9 Å². The summed E-state index contributed by atoms with van der Waals surface area (Å²) in [6.07, 6.45) is 3.53. The van der Waals surface area contributed by atoms with E-state index in [1.807, 2.05) is 4.90 Å². The number of nitrogens with one attached hydrogen (secondary N) is 2. The van der Waals surface area contributed by atoms with Crippen molar-refractivity contribution in [3.8, 4) is 0 Å². The molecule has 2 N–H and O–H groups in total. The summed E-state index contributed by atoms with van der Waals surface area (Å²) < 4.78 is 0. The lowest BCUT2D eigenvalue weighted by Crippen LogP contribution is -2.46. The number of amides is 3. The molecule has 2 aliphatic heterocycles. The zero-order chi connectivity index (χ0) is 20.3. The smallest absolute Gasteiger partial charge is 0.314 e. The maximum atomic E-state index is 11.9. The van der Waals surface area contributed by atoms with Gasteiger partial charge in [-0.25, -0.2) is 4.79 Å². The minimum Gasteiger partial charge on any atom is -0.343 e. The first-order chi connectivity index (χ1) is 14.2. The van der Waals surface area contributed by atoms with Crippen LogP contribution in [-0.2, 0) is 11.3 Å². The molecule has 1 aromatic carbocycles. The maximum Gasteiger partial charge on any atom is 0.314 e. The molecule has 3 amide bonds. The van der Waals surface area contributed by atoms with Gasteiger partial charge >= 0.3 is 6.03 Å². The molecule has 2 saturated heterocycles. The van der Waals surface area contributed by atoms with E-state index in [-0.39, 0.29) is 11.9 Å². The molecule has 2 heterocycles. The van der Waals surface area contributed by atoms with Gasteiger partial charge in [0.2, 0.25) is 5.91 Å². The van der Waals surface area contributed by atoms with Crippen molar-refractivity contribution in [3.63, 3.8) is 0 Å². The molecular formula is C22H35N5O2. The van der Waals surface area contributed by atoms with Gasteiger partial charge in [0.15, 0.2) is 0 Å². The quantitative estimate of drug-likeness (QED) is 0.616. The summed E-state index contributed by atoms with van der Waals surface area (Å²) in [6.45, 7) is 9.18. The van der Waals surface area contributed by atoms with E-state index in [0.717, 1.165) is 71.6 Å². The summed E-state index contributed by atoms with van der Waals surface area (Å²) in [7, 11) is 0. The van der Waals surface area contributed by atoms with Crippen LogP contribution in [0, 0.1) is 0 Å². The van der Waals surface area contributed by atoms with Crippen LogP contribution < -0.4 is 10.6 Å². The van der Waals surface area contributed by atoms with Gasteiger partial charge in [0.25, 0.3) is 0 Å². The largest absolute Gasteiger partial charge is 0.343 e. The van der Waals surface area contributed by atoms with Gasteiger partial charge in [0.05, 0.1) is 0 Å². The fraction of sp³-hybridized carbons (Fsp3) is 0.636. The molecule has 7 nitrogen and oxygen atoms in total. The summed E-state index contributed by atoms with van der Waals surface area (Å²) >= 11 is 0. The van der Waals surface area contributed by atoms with E-state index in [0.29, 0.717) is 19.5 Å². The number of likely N-dealkylation sites (tertiary alicyclic amines) is 1. The Hall–Kier alpha value is -2.12. The van der Waals surface area contributed by atoms with Gasteiger partial charge in [-0.1, -0.05) is 30.3 Å². The molecule has 0 bridgehead atoms. The molecule has 1 aromatic rings. The van der Waals surface area contributed by atoms with Crippen LogP contribution >= 0.6 is 0 Å². The van der Waals surface area contributed by atoms with E-state index in [1.165, 1.54) is 5.56 Å². The summed E-state index contributed by atoms with van der Waals surface area (Å²) in [6, 6.07) is 10.5. The zero-order valence-electron chi connectivity index (χ0n) is 17.4. The standard InChI is InChI=1S/C22H35N5O2/c28-21(27-13-4-5-14-27)9-11-24-22(29)23-10-6-12-25-15-17-26(18-16-25)19-20-7-2-1-3-8-20/h1-3,7-8H,4-6,9-19H2,(H2,23,24,29). The third kappa shape index (κ3) is 7.66. The Morgan fingerprint density at radius 1 is 0.828 bits per heavy atom. The molecular weight excluding hydrogens is 366 g/mol. The molecule has 160 valence electrons. The van der Waals surface area contributed by atoms with Crippen molar-refractivity contribution in [1.82, 2.24) is 25.3 Å². The Bertz CT molecular complexity index is 625. The summed E-state index contributed by atoms with van der Waals surface area (Å²) in [5.41, 5.74) is 1.37. The van der Waals surface area contributed by atoms with Crippen molar-refractivity contribution in [3.05, 3.63) is 35.9 Å². The van der Waals surface area contributed by atoms with Gasteiger partial charge in [0, 0.05) is 65.3 Å². The van der Waals surface area contributed by atoms with Gasteiger partial charge in [-0.2, -0.15) is 0 Å². The summed E-state index contributed by atoms with van der Waals surface area (Å²) in [4.78, 5) is 30.6. The van der Waals surface area contributed by atoms with Crippen LogP contribution in [0.2, 0.25) is 0 Å². The lowest BCUT2D eigenvalue weighted by atomic mass is 10.2. The van der Waals surface area contributed by atoms with Crippen molar-refractivity contribution in [2.24, 2.45) is 0 Å². The molecule has 2 aliphatic rings. The predicted molar refractivity (Wildman–Crippen MR) is 115 cm³/mol. The van der Waals surface area contributed by atoms with Crippen LogP contribution in [0.25, 0.3) is 0 Å². The molecule has 0 aromatic heterocycles. The molecule has 0 spiro atoms. The lowest BCUT2D eigenvalue weighted by Gasteiger charge is -2.34. The number of carbonyl (C=O) groups excluding carboxylic acids is 2. The highest BCUT2D eigenvalue weighted by molar-refractivity contribution is 5.78. The van der Waals surface area contributed by atoms with E-state index in [2.05, 4.69) is 50.8 Å². The van der Waals surface area contributed by atoms with Gasteiger partial charge in [-0.15, -0.1) is 0 Å². The highest BCUT2D eigenvalue weighted by atomic mass is 16.2. The number of piperazine rings is 1. The van der Waals surface area contributed by atoms with Crippen LogP contribution in [0.15, 0.2) is 30.3 Å². The van der Waals surface area contributed by atoms with E-state index in [1.54, 1.807) is 0 Å². The average Bonchev–Trinajstić information content (AvgIpc) is 3.28. The number of urea groups is 1. The molecule has 0 saturated carbocycles. The Kier molecular flexibility index (Phi) is 8.77. The number of hydrogen-bond donors (Lipinski definition) is 2. The van der Waals surface area contributed by atoms with Gasteiger partial charge in [-0.05, 0) is 31.4 Å². The molecule has 2 fully saturated rings. The van der Waals surface area contributed by atoms with Crippen LogP contribution in [-0.4, -0.2) is 85.5 Å². The van der Waals surface area contributed by atoms with E-state index < -0.39 is 0 Å². The maximum absolute atomic E-state index is 11.9. The van der Waals surface area contributed by atoms with Crippen LogP contribution in [0.4, 0.5) is 4.79 Å². The number of carbonyl (C=O) groups is 2.